The van der Waals surface area contributed by atoms with Gasteiger partial charge in [0.25, 0.3) is 0 Å². The van der Waals surface area contributed by atoms with E-state index in [9.17, 15) is 9.59 Å². The molecule has 1 aromatic heterocycles. The number of aromatic nitrogens is 1. The van der Waals surface area contributed by atoms with Gasteiger partial charge in [-0.1, -0.05) is 18.2 Å². The van der Waals surface area contributed by atoms with Gasteiger partial charge in [-0.15, -0.1) is 0 Å². The molecule has 0 saturated carbocycles. The molecule has 0 fully saturated rings. The molecule has 0 unspecified atom stereocenters. The minimum Gasteiger partial charge on any atom is -0.368 e. The zero-order valence-corrected chi connectivity index (χ0v) is 14.5. The van der Waals surface area contributed by atoms with E-state index in [1.807, 2.05) is 12.1 Å². The fraction of sp³-hybridized carbons (Fsp3) is 0.250. The lowest BCUT2D eigenvalue weighted by atomic mass is 10.00. The highest BCUT2D eigenvalue weighted by atomic mass is 16.2. The highest BCUT2D eigenvalue weighted by molar-refractivity contribution is 5.93. The minimum absolute atomic E-state index is 0.114. The van der Waals surface area contributed by atoms with E-state index in [0.29, 0.717) is 12.8 Å². The van der Waals surface area contributed by atoms with Gasteiger partial charge >= 0.3 is 0 Å². The second kappa shape index (κ2) is 6.89. The van der Waals surface area contributed by atoms with Crippen LogP contribution in [0.5, 0.6) is 0 Å². The third-order valence-corrected chi connectivity index (χ3v) is 4.60. The van der Waals surface area contributed by atoms with Crippen molar-refractivity contribution in [2.24, 2.45) is 12.8 Å². The highest BCUT2D eigenvalue weighted by Crippen LogP contribution is 2.24. The molecule has 128 valence electrons. The van der Waals surface area contributed by atoms with Crippen LogP contribution in [0, 0.1) is 6.92 Å². The molecule has 0 saturated heterocycles. The summed E-state index contributed by atoms with van der Waals surface area (Å²) in [6.07, 6.45) is 0.952. The third-order valence-electron chi connectivity index (χ3n) is 4.60. The van der Waals surface area contributed by atoms with Crippen LogP contribution in [0.15, 0.2) is 42.5 Å². The van der Waals surface area contributed by atoms with Crippen LogP contribution in [-0.2, 0) is 23.1 Å². The van der Waals surface area contributed by atoms with E-state index in [0.717, 1.165) is 11.1 Å². The number of benzene rings is 2. The number of nitrogens with one attached hydrogen (secondary N) is 1. The Morgan fingerprint density at radius 2 is 1.80 bits per heavy atom. The molecular weight excluding hydrogens is 314 g/mol. The summed E-state index contributed by atoms with van der Waals surface area (Å²) in [5.74, 6) is -0.700. The van der Waals surface area contributed by atoms with Crippen molar-refractivity contribution in [3.05, 3.63) is 53.6 Å². The summed E-state index contributed by atoms with van der Waals surface area (Å²) in [5.41, 5.74) is 9.73. The quantitative estimate of drug-likeness (QED) is 0.549. The van der Waals surface area contributed by atoms with Crippen molar-refractivity contribution in [3.63, 3.8) is 0 Å². The number of rotatable bonds is 5. The number of aryl methyl sites for hydroxylation is 3. The lowest BCUT2D eigenvalue weighted by Gasteiger charge is -2.08. The normalized spacial score (nSPS) is 11.0. The first-order chi connectivity index (χ1) is 12.0. The first-order valence-electron chi connectivity index (χ1n) is 8.32. The van der Waals surface area contributed by atoms with Gasteiger partial charge in [0.05, 0.1) is 11.9 Å². The number of nitrogens with two attached hydrogens (primary N) is 1. The Bertz CT molecular complexity index is 979. The number of amides is 2. The first-order valence-corrected chi connectivity index (χ1v) is 8.32. The Hall–Kier alpha value is -2.95. The lowest BCUT2D eigenvalue weighted by Crippen LogP contribution is -2.33. The highest BCUT2D eigenvalue weighted by Gasteiger charge is 2.15. The topological polar surface area (TPSA) is 76.1 Å². The van der Waals surface area contributed by atoms with Gasteiger partial charge < -0.3 is 11.1 Å². The summed E-state index contributed by atoms with van der Waals surface area (Å²) in [7, 11) is 2.07. The number of hydrogen-bond acceptors (Lipinski definition) is 2. The number of nitrogens with zero attached hydrogens (tertiary/aromatic N) is 1. The van der Waals surface area contributed by atoms with Crippen molar-refractivity contribution < 1.29 is 14.2 Å². The Labute approximate surface area is 146 Å². The van der Waals surface area contributed by atoms with E-state index < -0.39 is 5.91 Å². The predicted octanol–water partition coefficient (Wildman–Crippen LogP) is 1.66. The van der Waals surface area contributed by atoms with Crippen LogP contribution in [-0.4, -0.2) is 18.4 Å². The minimum atomic E-state index is -0.533. The lowest BCUT2D eigenvalue weighted by molar-refractivity contribution is -0.617. The summed E-state index contributed by atoms with van der Waals surface area (Å²) in [6.45, 7) is 2.02. The van der Waals surface area contributed by atoms with Crippen LogP contribution < -0.4 is 15.6 Å². The molecule has 0 spiro atoms. The SMILES string of the molecule is Cc1c2ccccc2[n+](C)c2ccc(CCC(=O)NCC(N)=O)cc12. The maximum absolute atomic E-state index is 11.8. The van der Waals surface area contributed by atoms with Gasteiger partial charge in [0, 0.05) is 23.9 Å². The van der Waals surface area contributed by atoms with Gasteiger partial charge in [-0.25, -0.2) is 0 Å². The van der Waals surface area contributed by atoms with Crippen LogP contribution in [0.4, 0.5) is 0 Å². The average molecular weight is 336 g/mol. The summed E-state index contributed by atoms with van der Waals surface area (Å²) in [6, 6.07) is 14.7. The summed E-state index contributed by atoms with van der Waals surface area (Å²) >= 11 is 0. The molecular formula is C20H22N3O2+. The molecule has 0 aliphatic carbocycles. The van der Waals surface area contributed by atoms with Gasteiger partial charge in [0.1, 0.15) is 7.05 Å². The molecule has 2 amide bonds. The number of fused-ring (bicyclic) bond motifs is 2. The van der Waals surface area contributed by atoms with Crippen molar-refractivity contribution in [2.75, 3.05) is 6.54 Å². The van der Waals surface area contributed by atoms with Crippen LogP contribution >= 0.6 is 0 Å². The number of pyridine rings is 1. The fourth-order valence-electron chi connectivity index (χ4n) is 3.22. The number of hydrogen-bond donors (Lipinski definition) is 2. The Morgan fingerprint density at radius 1 is 1.08 bits per heavy atom. The van der Waals surface area contributed by atoms with E-state index in [1.165, 1.54) is 21.9 Å². The van der Waals surface area contributed by atoms with Crippen molar-refractivity contribution in [1.82, 2.24) is 5.32 Å². The Balaban J connectivity index is 1.89. The summed E-state index contributed by atoms with van der Waals surface area (Å²) in [5, 5.41) is 4.94. The summed E-state index contributed by atoms with van der Waals surface area (Å²) < 4.78 is 2.20. The largest absolute Gasteiger partial charge is 0.368 e. The van der Waals surface area contributed by atoms with Crippen LogP contribution in [0.2, 0.25) is 0 Å². The molecule has 5 heteroatoms. The molecule has 3 N–H and O–H groups in total. The van der Waals surface area contributed by atoms with Crippen LogP contribution in [0.1, 0.15) is 17.5 Å². The van der Waals surface area contributed by atoms with E-state index in [-0.39, 0.29) is 12.5 Å². The molecule has 5 nitrogen and oxygen atoms in total. The zero-order valence-electron chi connectivity index (χ0n) is 14.5. The molecule has 1 heterocycles. The van der Waals surface area contributed by atoms with Crippen LogP contribution in [0.25, 0.3) is 21.8 Å². The number of primary amides is 1. The van der Waals surface area contributed by atoms with E-state index in [1.54, 1.807) is 0 Å². The Kier molecular flexibility index (Phi) is 4.65. The summed E-state index contributed by atoms with van der Waals surface area (Å²) in [4.78, 5) is 22.5. The Morgan fingerprint density at radius 3 is 2.56 bits per heavy atom. The number of carbonyl (C=O) groups excluding carboxylic acids is 2. The smallest absolute Gasteiger partial charge is 0.236 e. The van der Waals surface area contributed by atoms with Gasteiger partial charge in [0.2, 0.25) is 22.8 Å². The predicted molar refractivity (Wildman–Crippen MR) is 97.9 cm³/mol. The van der Waals surface area contributed by atoms with E-state index >= 15 is 0 Å². The molecule has 0 aliphatic heterocycles. The van der Waals surface area contributed by atoms with Crippen molar-refractivity contribution >= 4 is 33.6 Å². The molecule has 0 aliphatic rings. The molecule has 0 atom stereocenters. The van der Waals surface area contributed by atoms with E-state index in [4.69, 9.17) is 5.73 Å². The number of carbonyl (C=O) groups is 2. The van der Waals surface area contributed by atoms with Gasteiger partial charge in [0.15, 0.2) is 0 Å². The molecule has 2 aromatic carbocycles. The van der Waals surface area contributed by atoms with Gasteiger partial charge in [-0.2, -0.15) is 4.57 Å². The van der Waals surface area contributed by atoms with Gasteiger partial charge in [-0.3, -0.25) is 9.59 Å². The zero-order chi connectivity index (χ0) is 18.0. The standard InChI is InChI=1S/C20H21N3O2/c1-13-15-5-3-4-6-17(15)23(2)18-9-7-14(11-16(13)18)8-10-20(25)22-12-19(21)24/h3-7,9,11H,8,10,12H2,1-2H3,(H2-,21,22,24,25)/p+1. The molecule has 0 bridgehead atoms. The first kappa shape index (κ1) is 16.9. The molecule has 3 aromatic rings. The fourth-order valence-corrected chi connectivity index (χ4v) is 3.22. The maximum atomic E-state index is 11.8. The second-order valence-corrected chi connectivity index (χ2v) is 6.30. The third kappa shape index (κ3) is 3.45. The molecule has 25 heavy (non-hydrogen) atoms. The van der Waals surface area contributed by atoms with Crippen molar-refractivity contribution in [1.29, 1.82) is 0 Å². The second-order valence-electron chi connectivity index (χ2n) is 6.30. The maximum Gasteiger partial charge on any atom is 0.236 e. The molecule has 3 rings (SSSR count). The van der Waals surface area contributed by atoms with Crippen LogP contribution in [0.3, 0.4) is 0 Å². The van der Waals surface area contributed by atoms with E-state index in [2.05, 4.69) is 54.2 Å². The number of para-hydroxylation sites is 1. The van der Waals surface area contributed by atoms with Gasteiger partial charge in [-0.05, 0) is 36.6 Å². The van der Waals surface area contributed by atoms with Crippen molar-refractivity contribution in [2.45, 2.75) is 19.8 Å². The average Bonchev–Trinajstić information content (AvgIpc) is 2.62. The molecule has 0 radical (unpaired) electrons. The monoisotopic (exact) mass is 336 g/mol. The van der Waals surface area contributed by atoms with Crippen molar-refractivity contribution in [3.8, 4) is 0 Å².